The van der Waals surface area contributed by atoms with Gasteiger partial charge in [0.1, 0.15) is 0 Å². The fourth-order valence-electron chi connectivity index (χ4n) is 8.94. The molecule has 10 aromatic rings. The summed E-state index contributed by atoms with van der Waals surface area (Å²) in [5, 5.41) is 5.06. The third-order valence-corrected chi connectivity index (χ3v) is 11.6. The van der Waals surface area contributed by atoms with Gasteiger partial charge in [0, 0.05) is 38.6 Å². The summed E-state index contributed by atoms with van der Waals surface area (Å²) < 4.78 is 2.44. The number of benzene rings is 8. The number of para-hydroxylation sites is 1. The topological polar surface area (TPSA) is 43.6 Å². The van der Waals surface area contributed by atoms with E-state index in [1.165, 1.54) is 49.3 Å². The maximum Gasteiger partial charge on any atom is 0.164 e. The highest BCUT2D eigenvalue weighted by molar-refractivity contribution is 6.12. The molecule has 0 amide bonds. The van der Waals surface area contributed by atoms with Gasteiger partial charge < -0.3 is 4.57 Å². The predicted octanol–water partition coefficient (Wildman–Crippen LogP) is 13.1. The molecule has 0 N–H and O–H groups in total. The van der Waals surface area contributed by atoms with Crippen molar-refractivity contribution in [3.8, 4) is 62.1 Å². The maximum atomic E-state index is 5.16. The Labute approximate surface area is 325 Å². The molecule has 0 aliphatic heterocycles. The Morgan fingerprint density at radius 2 is 0.946 bits per heavy atom. The van der Waals surface area contributed by atoms with Crippen LogP contribution in [0.1, 0.15) is 25.0 Å². The van der Waals surface area contributed by atoms with Gasteiger partial charge >= 0.3 is 0 Å². The molecule has 1 aliphatic rings. The summed E-state index contributed by atoms with van der Waals surface area (Å²) in [5.41, 5.74) is 13.6. The molecule has 11 rings (SSSR count). The number of hydrogen-bond acceptors (Lipinski definition) is 3. The largest absolute Gasteiger partial charge is 0.309 e. The molecule has 264 valence electrons. The SMILES string of the molecule is CC1(C)c2cc3c(cc2-c2ccc4ccccc4c21)c1ccccc1n3-c1cc(-c2ccccc2)cc(-c2nc(-c3ccccc3)nc(-c3ccccc3)n2)c1. The quantitative estimate of drug-likeness (QED) is 0.178. The Balaban J connectivity index is 1.18. The molecule has 0 unspecified atom stereocenters. The average Bonchev–Trinajstić information content (AvgIpc) is 3.71. The minimum Gasteiger partial charge on any atom is -0.309 e. The van der Waals surface area contributed by atoms with Crippen molar-refractivity contribution in [2.75, 3.05) is 0 Å². The van der Waals surface area contributed by atoms with Gasteiger partial charge in [0.25, 0.3) is 0 Å². The summed E-state index contributed by atoms with van der Waals surface area (Å²) in [6.07, 6.45) is 0. The lowest BCUT2D eigenvalue weighted by molar-refractivity contribution is 0.667. The second-order valence-electron chi connectivity index (χ2n) is 15.3. The Hall–Kier alpha value is -7.17. The van der Waals surface area contributed by atoms with Crippen molar-refractivity contribution in [2.24, 2.45) is 0 Å². The monoisotopic (exact) mass is 716 g/mol. The number of aromatic nitrogens is 4. The molecule has 56 heavy (non-hydrogen) atoms. The van der Waals surface area contributed by atoms with Gasteiger partial charge in [-0.3, -0.25) is 0 Å². The lowest BCUT2D eigenvalue weighted by Crippen LogP contribution is -2.15. The van der Waals surface area contributed by atoms with Gasteiger partial charge in [-0.2, -0.15) is 0 Å². The van der Waals surface area contributed by atoms with Crippen molar-refractivity contribution >= 4 is 32.6 Å². The molecular weight excluding hydrogens is 681 g/mol. The number of hydrogen-bond donors (Lipinski definition) is 0. The van der Waals surface area contributed by atoms with E-state index in [-0.39, 0.29) is 5.41 Å². The van der Waals surface area contributed by atoms with E-state index >= 15 is 0 Å². The van der Waals surface area contributed by atoms with E-state index in [9.17, 15) is 0 Å². The molecular formula is C52H36N4. The zero-order chi connectivity index (χ0) is 37.4. The first-order valence-electron chi connectivity index (χ1n) is 19.2. The highest BCUT2D eigenvalue weighted by Crippen LogP contribution is 2.53. The lowest BCUT2D eigenvalue weighted by atomic mass is 9.80. The van der Waals surface area contributed by atoms with Crippen LogP contribution < -0.4 is 0 Å². The Morgan fingerprint density at radius 3 is 1.62 bits per heavy atom. The molecule has 0 saturated heterocycles. The smallest absolute Gasteiger partial charge is 0.164 e. The van der Waals surface area contributed by atoms with E-state index < -0.39 is 0 Å². The van der Waals surface area contributed by atoms with Crippen LogP contribution in [0.5, 0.6) is 0 Å². The molecule has 4 heteroatoms. The van der Waals surface area contributed by atoms with Gasteiger partial charge in [0.2, 0.25) is 0 Å². The maximum absolute atomic E-state index is 5.16. The van der Waals surface area contributed by atoms with E-state index in [1.807, 2.05) is 36.4 Å². The van der Waals surface area contributed by atoms with Crippen molar-refractivity contribution in [3.63, 3.8) is 0 Å². The van der Waals surface area contributed by atoms with E-state index in [1.54, 1.807) is 0 Å². The molecule has 0 radical (unpaired) electrons. The molecule has 2 heterocycles. The molecule has 0 saturated carbocycles. The van der Waals surface area contributed by atoms with Crippen molar-refractivity contribution in [1.82, 2.24) is 19.5 Å². The van der Waals surface area contributed by atoms with Crippen LogP contribution in [0.3, 0.4) is 0 Å². The normalized spacial score (nSPS) is 13.0. The Morgan fingerprint density at radius 1 is 0.393 bits per heavy atom. The zero-order valence-electron chi connectivity index (χ0n) is 31.1. The molecule has 8 aromatic carbocycles. The van der Waals surface area contributed by atoms with Crippen LogP contribution in [0.25, 0.3) is 94.7 Å². The minimum atomic E-state index is -0.190. The first-order valence-corrected chi connectivity index (χ1v) is 19.2. The van der Waals surface area contributed by atoms with E-state index in [2.05, 4.69) is 164 Å². The van der Waals surface area contributed by atoms with Crippen LogP contribution >= 0.6 is 0 Å². The molecule has 1 aliphatic carbocycles. The van der Waals surface area contributed by atoms with Gasteiger partial charge in [-0.1, -0.05) is 159 Å². The molecule has 0 atom stereocenters. The molecule has 4 nitrogen and oxygen atoms in total. The molecule has 0 spiro atoms. The summed E-state index contributed by atoms with van der Waals surface area (Å²) in [6.45, 7) is 4.76. The van der Waals surface area contributed by atoms with Gasteiger partial charge in [0.15, 0.2) is 17.5 Å². The number of nitrogens with zero attached hydrogens (tertiary/aromatic N) is 4. The van der Waals surface area contributed by atoms with Crippen molar-refractivity contribution in [3.05, 3.63) is 193 Å². The first kappa shape index (κ1) is 32.3. The Bertz CT molecular complexity index is 3090. The number of rotatable bonds is 5. The third-order valence-electron chi connectivity index (χ3n) is 11.6. The summed E-state index contributed by atoms with van der Waals surface area (Å²) >= 11 is 0. The van der Waals surface area contributed by atoms with Crippen LogP contribution in [0.4, 0.5) is 0 Å². The Kier molecular flexibility index (Phi) is 7.17. The lowest BCUT2D eigenvalue weighted by Gasteiger charge is -2.23. The van der Waals surface area contributed by atoms with Crippen molar-refractivity contribution in [1.29, 1.82) is 0 Å². The van der Waals surface area contributed by atoms with E-state index in [0.29, 0.717) is 17.5 Å². The minimum absolute atomic E-state index is 0.190. The highest BCUT2D eigenvalue weighted by Gasteiger charge is 2.37. The van der Waals surface area contributed by atoms with Crippen LogP contribution in [-0.4, -0.2) is 19.5 Å². The van der Waals surface area contributed by atoms with Crippen LogP contribution in [-0.2, 0) is 5.41 Å². The number of fused-ring (bicyclic) bond motifs is 8. The third kappa shape index (κ3) is 5.03. The summed E-state index contributed by atoms with van der Waals surface area (Å²) in [6, 6.07) is 64.8. The molecule has 0 fully saturated rings. The second kappa shape index (κ2) is 12.4. The fraction of sp³-hybridized carbons (Fsp3) is 0.0577. The van der Waals surface area contributed by atoms with Gasteiger partial charge in [-0.15, -0.1) is 0 Å². The summed E-state index contributed by atoms with van der Waals surface area (Å²) in [5.74, 6) is 1.91. The van der Waals surface area contributed by atoms with Crippen LogP contribution in [0.2, 0.25) is 0 Å². The summed E-state index contributed by atoms with van der Waals surface area (Å²) in [4.78, 5) is 15.3. The van der Waals surface area contributed by atoms with Gasteiger partial charge in [-0.25, -0.2) is 15.0 Å². The standard InChI is InChI=1S/C52H36N4/c1-52(2)45-32-47-44(31-43(45)42-27-26-34-18-12-13-23-40(34)48(42)52)41-24-14-15-25-46(41)56(47)39-29-37(33-16-6-3-7-17-33)28-38(30-39)51-54-49(35-19-8-4-9-20-35)53-50(55-51)36-21-10-5-11-22-36/h3-32H,1-2H3. The molecule has 0 bridgehead atoms. The highest BCUT2D eigenvalue weighted by atomic mass is 15.0. The zero-order valence-corrected chi connectivity index (χ0v) is 31.1. The van der Waals surface area contributed by atoms with Crippen LogP contribution in [0, 0.1) is 0 Å². The van der Waals surface area contributed by atoms with Crippen molar-refractivity contribution < 1.29 is 0 Å². The van der Waals surface area contributed by atoms with Gasteiger partial charge in [-0.05, 0) is 80.6 Å². The molecule has 2 aromatic heterocycles. The second-order valence-corrected chi connectivity index (χ2v) is 15.3. The predicted molar refractivity (Wildman–Crippen MR) is 231 cm³/mol. The van der Waals surface area contributed by atoms with E-state index in [4.69, 9.17) is 15.0 Å². The van der Waals surface area contributed by atoms with E-state index in [0.717, 1.165) is 39.0 Å². The van der Waals surface area contributed by atoms with Gasteiger partial charge in [0.05, 0.1) is 11.0 Å². The summed E-state index contributed by atoms with van der Waals surface area (Å²) in [7, 11) is 0. The average molecular weight is 717 g/mol. The van der Waals surface area contributed by atoms with Crippen LogP contribution in [0.15, 0.2) is 182 Å². The van der Waals surface area contributed by atoms with Crippen molar-refractivity contribution in [2.45, 2.75) is 19.3 Å². The first-order chi connectivity index (χ1) is 27.5. The fourth-order valence-corrected chi connectivity index (χ4v) is 8.94.